The lowest BCUT2D eigenvalue weighted by Crippen LogP contribution is -2.30. The number of anilines is 2. The summed E-state index contributed by atoms with van der Waals surface area (Å²) in [5.74, 6) is -0.546. The molecule has 0 heterocycles. The molecule has 0 bridgehead atoms. The molecule has 3 amide bonds. The van der Waals surface area contributed by atoms with Gasteiger partial charge in [0.25, 0.3) is 17.5 Å². The summed E-state index contributed by atoms with van der Waals surface area (Å²) in [5.41, 5.74) is 1.82. The van der Waals surface area contributed by atoms with E-state index in [-0.39, 0.29) is 17.3 Å². The number of nitrogens with one attached hydrogen (secondary N) is 3. The second-order valence-electron chi connectivity index (χ2n) is 9.18. The molecule has 0 spiro atoms. The van der Waals surface area contributed by atoms with Crippen LogP contribution in [0.2, 0.25) is 0 Å². The van der Waals surface area contributed by atoms with E-state index in [1.54, 1.807) is 92.9 Å². The van der Waals surface area contributed by atoms with Gasteiger partial charge in [-0.15, -0.1) is 11.8 Å². The molecule has 43 heavy (non-hydrogen) atoms. The monoisotopic (exact) mass is 596 g/mol. The van der Waals surface area contributed by atoms with E-state index >= 15 is 0 Å². The molecule has 0 radical (unpaired) electrons. The van der Waals surface area contributed by atoms with Gasteiger partial charge in [-0.25, -0.2) is 0 Å². The van der Waals surface area contributed by atoms with Crippen LogP contribution in [0.1, 0.15) is 22.8 Å². The third-order valence-corrected chi connectivity index (χ3v) is 7.21. The average molecular weight is 597 g/mol. The number of nitro groups is 1. The largest absolute Gasteiger partial charge is 0.497 e. The van der Waals surface area contributed by atoms with Crippen molar-refractivity contribution in [1.29, 1.82) is 0 Å². The van der Waals surface area contributed by atoms with Crippen molar-refractivity contribution in [3.63, 3.8) is 0 Å². The lowest BCUT2D eigenvalue weighted by atomic mass is 10.1. The van der Waals surface area contributed by atoms with Gasteiger partial charge in [-0.3, -0.25) is 24.5 Å². The predicted molar refractivity (Wildman–Crippen MR) is 167 cm³/mol. The molecule has 1 unspecified atom stereocenters. The van der Waals surface area contributed by atoms with Crippen LogP contribution in [-0.4, -0.2) is 35.0 Å². The molecule has 0 fully saturated rings. The van der Waals surface area contributed by atoms with Crippen LogP contribution in [0.25, 0.3) is 6.08 Å². The first-order valence-corrected chi connectivity index (χ1v) is 14.0. The summed E-state index contributed by atoms with van der Waals surface area (Å²) in [6.45, 7) is 1.80. The Labute approximate surface area is 252 Å². The van der Waals surface area contributed by atoms with Crippen molar-refractivity contribution in [3.05, 3.63) is 130 Å². The quantitative estimate of drug-likeness (QED) is 0.0819. The maximum Gasteiger partial charge on any atom is 0.272 e. The van der Waals surface area contributed by atoms with Crippen LogP contribution in [0.15, 0.2) is 114 Å². The van der Waals surface area contributed by atoms with Gasteiger partial charge >= 0.3 is 0 Å². The standard InChI is InChI=1S/C32H28N4O6S/c1-21(30(37)33-24-10-16-27(42-2)17-11-24)43-28-18-12-25(13-19-28)34-32(39)29(35-31(38)23-6-4-3-5-7-23)20-22-8-14-26(15-9-22)36(40)41/h3-21H,1-2H3,(H,33,37)(H,34,39)(H,35,38)/b29-20-. The molecule has 3 N–H and O–H groups in total. The molecule has 4 aromatic rings. The number of non-ortho nitro benzene ring substituents is 1. The fourth-order valence-corrected chi connectivity index (χ4v) is 4.66. The second-order valence-corrected chi connectivity index (χ2v) is 10.6. The van der Waals surface area contributed by atoms with Crippen molar-refractivity contribution in [3.8, 4) is 5.75 Å². The van der Waals surface area contributed by atoms with Crippen LogP contribution in [0.4, 0.5) is 17.1 Å². The number of carbonyl (C=O) groups excluding carboxylic acids is 3. The van der Waals surface area contributed by atoms with Crippen molar-refractivity contribution >= 4 is 52.6 Å². The summed E-state index contributed by atoms with van der Waals surface area (Å²) < 4.78 is 5.14. The Morgan fingerprint density at radius 1 is 0.837 bits per heavy atom. The van der Waals surface area contributed by atoms with Gasteiger partial charge in [0.1, 0.15) is 11.4 Å². The van der Waals surface area contributed by atoms with Gasteiger partial charge in [0.15, 0.2) is 0 Å². The van der Waals surface area contributed by atoms with Crippen molar-refractivity contribution in [2.75, 3.05) is 17.7 Å². The zero-order valence-corrected chi connectivity index (χ0v) is 24.1. The molecule has 11 heteroatoms. The maximum atomic E-state index is 13.3. The maximum absolute atomic E-state index is 13.3. The highest BCUT2D eigenvalue weighted by Crippen LogP contribution is 2.26. The first kappa shape index (κ1) is 30.5. The van der Waals surface area contributed by atoms with Gasteiger partial charge in [-0.1, -0.05) is 18.2 Å². The molecule has 0 aromatic heterocycles. The fourth-order valence-electron chi connectivity index (χ4n) is 3.79. The van der Waals surface area contributed by atoms with E-state index in [1.807, 2.05) is 0 Å². The molecular weight excluding hydrogens is 568 g/mol. The van der Waals surface area contributed by atoms with E-state index in [9.17, 15) is 24.5 Å². The van der Waals surface area contributed by atoms with Crippen molar-refractivity contribution in [2.45, 2.75) is 17.1 Å². The number of nitrogens with zero attached hydrogens (tertiary/aromatic N) is 1. The van der Waals surface area contributed by atoms with Crippen LogP contribution in [0.5, 0.6) is 5.75 Å². The third kappa shape index (κ3) is 8.78. The predicted octanol–water partition coefficient (Wildman–Crippen LogP) is 6.13. The molecule has 4 rings (SSSR count). The van der Waals surface area contributed by atoms with Crippen molar-refractivity contribution in [1.82, 2.24) is 5.32 Å². The number of ether oxygens (including phenoxy) is 1. The Bertz CT molecular complexity index is 1620. The highest BCUT2D eigenvalue weighted by molar-refractivity contribution is 8.00. The lowest BCUT2D eigenvalue weighted by molar-refractivity contribution is -0.384. The Hall–Kier alpha value is -5.42. The summed E-state index contributed by atoms with van der Waals surface area (Å²) in [6, 6.07) is 28.0. The minimum Gasteiger partial charge on any atom is -0.497 e. The van der Waals surface area contributed by atoms with Crippen molar-refractivity contribution in [2.24, 2.45) is 0 Å². The van der Waals surface area contributed by atoms with Crippen molar-refractivity contribution < 1.29 is 24.0 Å². The van der Waals surface area contributed by atoms with Crippen LogP contribution in [0.3, 0.4) is 0 Å². The van der Waals surface area contributed by atoms with Gasteiger partial charge in [-0.2, -0.15) is 0 Å². The minimum atomic E-state index is -0.588. The Morgan fingerprint density at radius 3 is 2.05 bits per heavy atom. The molecule has 0 aliphatic carbocycles. The van der Waals surface area contributed by atoms with Crippen LogP contribution in [-0.2, 0) is 9.59 Å². The molecule has 0 saturated carbocycles. The molecule has 1 atom stereocenters. The highest BCUT2D eigenvalue weighted by Gasteiger charge is 2.17. The van der Waals surface area contributed by atoms with Gasteiger partial charge < -0.3 is 20.7 Å². The number of nitro benzene ring substituents is 1. The smallest absolute Gasteiger partial charge is 0.272 e. The third-order valence-electron chi connectivity index (χ3n) is 6.10. The Morgan fingerprint density at radius 2 is 1.44 bits per heavy atom. The van der Waals surface area contributed by atoms with E-state index in [0.29, 0.717) is 28.3 Å². The molecule has 0 aliphatic heterocycles. The lowest BCUT2D eigenvalue weighted by Gasteiger charge is -2.14. The van der Waals surface area contributed by atoms with Crippen LogP contribution in [0, 0.1) is 10.1 Å². The van der Waals surface area contributed by atoms with E-state index in [0.717, 1.165) is 4.90 Å². The average Bonchev–Trinajstić information content (AvgIpc) is 3.02. The number of carbonyl (C=O) groups is 3. The number of thioether (sulfide) groups is 1. The SMILES string of the molecule is COc1ccc(NC(=O)C(C)Sc2ccc(NC(=O)/C(=C/c3ccc([N+](=O)[O-])cc3)NC(=O)c3ccccc3)cc2)cc1. The zero-order chi connectivity index (χ0) is 30.8. The van der Waals surface area contributed by atoms with E-state index < -0.39 is 22.0 Å². The molecule has 4 aromatic carbocycles. The molecular formula is C32H28N4O6S. The van der Waals surface area contributed by atoms with Gasteiger partial charge in [-0.05, 0) is 91.4 Å². The second kappa shape index (κ2) is 14.5. The number of benzene rings is 4. The first-order chi connectivity index (χ1) is 20.7. The van der Waals surface area contributed by atoms with Gasteiger partial charge in [0, 0.05) is 34.0 Å². The number of methoxy groups -OCH3 is 1. The molecule has 0 saturated heterocycles. The highest BCUT2D eigenvalue weighted by atomic mass is 32.2. The summed E-state index contributed by atoms with van der Waals surface area (Å²) in [7, 11) is 1.57. The number of rotatable bonds is 11. The Balaban J connectivity index is 1.43. The van der Waals surface area contributed by atoms with Gasteiger partial charge in [0.05, 0.1) is 17.3 Å². The number of hydrogen-bond acceptors (Lipinski definition) is 7. The molecule has 218 valence electrons. The van der Waals surface area contributed by atoms with Gasteiger partial charge in [0.2, 0.25) is 5.91 Å². The fraction of sp³-hybridized carbons (Fsp3) is 0.0938. The summed E-state index contributed by atoms with van der Waals surface area (Å²) in [4.78, 5) is 50.0. The number of amides is 3. The van der Waals surface area contributed by atoms with E-state index in [2.05, 4.69) is 16.0 Å². The minimum absolute atomic E-state index is 0.0509. The summed E-state index contributed by atoms with van der Waals surface area (Å²) in [6.07, 6.45) is 1.44. The normalized spacial score (nSPS) is 11.6. The van der Waals surface area contributed by atoms with Crippen LogP contribution < -0.4 is 20.7 Å². The number of hydrogen-bond donors (Lipinski definition) is 3. The van der Waals surface area contributed by atoms with Crippen LogP contribution >= 0.6 is 11.8 Å². The molecule has 10 nitrogen and oxygen atoms in total. The summed E-state index contributed by atoms with van der Waals surface area (Å²) in [5, 5.41) is 18.9. The molecule has 0 aliphatic rings. The van der Waals surface area contributed by atoms with E-state index in [4.69, 9.17) is 4.74 Å². The zero-order valence-electron chi connectivity index (χ0n) is 23.3. The Kier molecular flexibility index (Phi) is 10.3. The topological polar surface area (TPSA) is 140 Å². The summed E-state index contributed by atoms with van der Waals surface area (Å²) >= 11 is 1.36. The van der Waals surface area contributed by atoms with E-state index in [1.165, 1.54) is 42.1 Å². The first-order valence-electron chi connectivity index (χ1n) is 13.1.